The minimum atomic E-state index is -2.45. The van der Waals surface area contributed by atoms with Gasteiger partial charge in [0.25, 0.3) is 0 Å². The number of hydrogen-bond acceptors (Lipinski definition) is 4. The highest BCUT2D eigenvalue weighted by molar-refractivity contribution is 7.98. The van der Waals surface area contributed by atoms with Crippen molar-refractivity contribution in [1.82, 2.24) is 4.31 Å². The predicted molar refractivity (Wildman–Crippen MR) is 88.2 cm³/mol. The molecule has 0 spiro atoms. The molecule has 7 heteroatoms. The van der Waals surface area contributed by atoms with Crippen LogP contribution in [-0.4, -0.2) is 33.1 Å². The summed E-state index contributed by atoms with van der Waals surface area (Å²) in [5, 5.41) is 0.704. The van der Waals surface area contributed by atoms with E-state index in [1.54, 1.807) is 18.4 Å². The third-order valence-electron chi connectivity index (χ3n) is 3.86. The molecule has 0 amide bonds. The number of aliphatic imine (C=N–C) groups is 1. The zero-order valence-corrected chi connectivity index (χ0v) is 13.9. The summed E-state index contributed by atoms with van der Waals surface area (Å²) in [7, 11) is -0.787. The zero-order chi connectivity index (χ0) is 14.7. The Bertz CT molecular complexity index is 690. The maximum Gasteiger partial charge on any atom is 0.203 e. The standard InChI is InChI=1S/C13H18ClN3OS2/c1-13(7-20(3,18)17(2)12(15)16-13)11-9(14)6-10(19-11)8-4-5-8/h6,8H,3-5,7H2,1-2H3,(H2,15,16)/t13-,20?/m0/s1. The van der Waals surface area contributed by atoms with E-state index < -0.39 is 15.2 Å². The maximum absolute atomic E-state index is 12.6. The fourth-order valence-corrected chi connectivity index (χ4v) is 6.07. The topological polar surface area (TPSA) is 58.7 Å². The highest BCUT2D eigenvalue weighted by Gasteiger charge is 2.40. The molecular formula is C13H18ClN3OS2. The van der Waals surface area contributed by atoms with Gasteiger partial charge < -0.3 is 5.73 Å². The van der Waals surface area contributed by atoms with Crippen LogP contribution in [0.5, 0.6) is 0 Å². The van der Waals surface area contributed by atoms with Gasteiger partial charge in [0, 0.05) is 11.9 Å². The fourth-order valence-electron chi connectivity index (χ4n) is 2.50. The van der Waals surface area contributed by atoms with Crippen molar-refractivity contribution in [2.75, 3.05) is 12.8 Å². The van der Waals surface area contributed by atoms with Crippen LogP contribution in [0.3, 0.4) is 0 Å². The van der Waals surface area contributed by atoms with E-state index in [-0.39, 0.29) is 5.96 Å². The molecule has 2 aliphatic rings. The second-order valence-corrected chi connectivity index (χ2v) is 9.63. The number of nitrogens with zero attached hydrogens (tertiary/aromatic N) is 2. The first kappa shape index (κ1) is 14.2. The fraction of sp³-hybridized carbons (Fsp3) is 0.538. The molecule has 2 heterocycles. The van der Waals surface area contributed by atoms with Gasteiger partial charge in [0.1, 0.15) is 5.54 Å². The summed E-state index contributed by atoms with van der Waals surface area (Å²) in [6.07, 6.45) is 2.46. The Morgan fingerprint density at radius 2 is 2.30 bits per heavy atom. The molecule has 1 aromatic rings. The van der Waals surface area contributed by atoms with Crippen molar-refractivity contribution in [2.45, 2.75) is 31.2 Å². The highest BCUT2D eigenvalue weighted by atomic mass is 35.5. The highest BCUT2D eigenvalue weighted by Crippen LogP contribution is 2.49. The number of rotatable bonds is 2. The molecule has 2 N–H and O–H groups in total. The lowest BCUT2D eigenvalue weighted by atomic mass is 10.0. The summed E-state index contributed by atoms with van der Waals surface area (Å²) < 4.78 is 14.1. The second-order valence-electron chi connectivity index (χ2n) is 5.76. The second kappa shape index (κ2) is 4.39. The van der Waals surface area contributed by atoms with E-state index in [4.69, 9.17) is 17.3 Å². The van der Waals surface area contributed by atoms with Crippen molar-refractivity contribution in [1.29, 1.82) is 0 Å². The third kappa shape index (κ3) is 2.23. The van der Waals surface area contributed by atoms with Gasteiger partial charge in [-0.05, 0) is 37.6 Å². The summed E-state index contributed by atoms with van der Waals surface area (Å²) in [5.74, 6) is 5.06. The summed E-state index contributed by atoms with van der Waals surface area (Å²) >= 11 is 8.06. The van der Waals surface area contributed by atoms with Gasteiger partial charge in [-0.1, -0.05) is 11.6 Å². The van der Waals surface area contributed by atoms with Crippen LogP contribution in [0, 0.1) is 0 Å². The van der Waals surface area contributed by atoms with Gasteiger partial charge in [0.15, 0.2) is 0 Å². The van der Waals surface area contributed by atoms with Gasteiger partial charge in [0.05, 0.1) is 25.4 Å². The Balaban J connectivity index is 2.08. The van der Waals surface area contributed by atoms with Crippen LogP contribution in [0.2, 0.25) is 5.02 Å². The Hall–Kier alpha value is -0.720. The van der Waals surface area contributed by atoms with Gasteiger partial charge >= 0.3 is 0 Å². The molecule has 0 aromatic carbocycles. The Labute approximate surface area is 128 Å². The molecule has 110 valence electrons. The van der Waals surface area contributed by atoms with E-state index in [1.807, 2.05) is 13.0 Å². The van der Waals surface area contributed by atoms with Crippen molar-refractivity contribution in [3.05, 3.63) is 20.8 Å². The number of halogens is 1. The number of thiophene rings is 1. The molecule has 1 aliphatic heterocycles. The average Bonchev–Trinajstić information content (AvgIpc) is 3.09. The molecule has 2 atom stereocenters. The maximum atomic E-state index is 12.6. The van der Waals surface area contributed by atoms with Crippen LogP contribution in [0.25, 0.3) is 0 Å². The number of hydrogen-bond donors (Lipinski definition) is 1. The van der Waals surface area contributed by atoms with E-state index in [0.717, 1.165) is 4.88 Å². The largest absolute Gasteiger partial charge is 0.369 e. The lowest BCUT2D eigenvalue weighted by Gasteiger charge is -2.36. The first-order valence-corrected chi connectivity index (χ1v) is 9.51. The number of guanidine groups is 1. The van der Waals surface area contributed by atoms with E-state index in [2.05, 4.69) is 10.9 Å². The van der Waals surface area contributed by atoms with Crippen molar-refractivity contribution in [3.8, 4) is 0 Å². The Kier molecular flexibility index (Phi) is 3.12. The molecule has 1 aliphatic carbocycles. The summed E-state index contributed by atoms with van der Waals surface area (Å²) in [4.78, 5) is 6.79. The molecule has 1 fully saturated rings. The number of nitrogens with two attached hydrogens (primary N) is 1. The van der Waals surface area contributed by atoms with Gasteiger partial charge in [0.2, 0.25) is 5.96 Å². The van der Waals surface area contributed by atoms with Gasteiger partial charge in [-0.3, -0.25) is 4.31 Å². The molecular weight excluding hydrogens is 314 g/mol. The predicted octanol–water partition coefficient (Wildman–Crippen LogP) is 2.39. The quantitative estimate of drug-likeness (QED) is 0.846. The third-order valence-corrected chi connectivity index (χ3v) is 8.02. The molecule has 3 rings (SSSR count). The van der Waals surface area contributed by atoms with Crippen LogP contribution in [0.15, 0.2) is 11.1 Å². The van der Waals surface area contributed by atoms with E-state index in [1.165, 1.54) is 22.0 Å². The zero-order valence-electron chi connectivity index (χ0n) is 11.6. The normalized spacial score (nSPS) is 34.1. The van der Waals surface area contributed by atoms with E-state index in [0.29, 0.717) is 16.7 Å². The average molecular weight is 332 g/mol. The Morgan fingerprint density at radius 3 is 2.85 bits per heavy atom. The van der Waals surface area contributed by atoms with Gasteiger partial charge in [-0.2, -0.15) is 0 Å². The van der Waals surface area contributed by atoms with Crippen LogP contribution in [-0.2, 0) is 15.2 Å². The van der Waals surface area contributed by atoms with Crippen molar-refractivity contribution >= 4 is 44.5 Å². The molecule has 0 saturated heterocycles. The SMILES string of the molecule is C=S1(=O)C[C@@](C)(c2sc(C3CC3)cc2Cl)N=C(N)N1C. The molecule has 20 heavy (non-hydrogen) atoms. The molecule has 0 radical (unpaired) electrons. The molecule has 4 nitrogen and oxygen atoms in total. The van der Waals surface area contributed by atoms with Crippen molar-refractivity contribution in [3.63, 3.8) is 0 Å². The molecule has 1 aromatic heterocycles. The van der Waals surface area contributed by atoms with Crippen molar-refractivity contribution < 1.29 is 4.21 Å². The molecule has 1 saturated carbocycles. The minimum absolute atomic E-state index is 0.260. The first-order chi connectivity index (χ1) is 9.23. The first-order valence-electron chi connectivity index (χ1n) is 6.47. The van der Waals surface area contributed by atoms with Crippen LogP contribution < -0.4 is 5.73 Å². The van der Waals surface area contributed by atoms with E-state index in [9.17, 15) is 4.21 Å². The summed E-state index contributed by atoms with van der Waals surface area (Å²) in [5.41, 5.74) is 5.27. The van der Waals surface area contributed by atoms with E-state index >= 15 is 0 Å². The van der Waals surface area contributed by atoms with Crippen LogP contribution in [0.1, 0.15) is 35.4 Å². The van der Waals surface area contributed by atoms with Gasteiger partial charge in [-0.25, -0.2) is 9.20 Å². The molecule has 1 unspecified atom stereocenters. The Morgan fingerprint density at radius 1 is 1.65 bits per heavy atom. The lowest BCUT2D eigenvalue weighted by molar-refractivity contribution is 0.522. The van der Waals surface area contributed by atoms with Crippen LogP contribution in [0.4, 0.5) is 0 Å². The van der Waals surface area contributed by atoms with Crippen molar-refractivity contribution in [2.24, 2.45) is 10.7 Å². The smallest absolute Gasteiger partial charge is 0.203 e. The lowest BCUT2D eigenvalue weighted by Crippen LogP contribution is -2.50. The summed E-state index contributed by atoms with van der Waals surface area (Å²) in [6, 6.07) is 2.03. The monoisotopic (exact) mass is 331 g/mol. The summed E-state index contributed by atoms with van der Waals surface area (Å²) in [6.45, 7) is 1.94. The minimum Gasteiger partial charge on any atom is -0.369 e. The van der Waals surface area contributed by atoms with Crippen LogP contribution >= 0.6 is 22.9 Å². The molecule has 0 bridgehead atoms. The van der Waals surface area contributed by atoms with Gasteiger partial charge in [-0.15, -0.1) is 11.3 Å².